The molecule has 7 nitrogen and oxygen atoms in total. The van der Waals surface area contributed by atoms with Crippen molar-refractivity contribution < 1.29 is 13.9 Å². The zero-order chi connectivity index (χ0) is 24.1. The van der Waals surface area contributed by atoms with Crippen molar-refractivity contribution in [1.82, 2.24) is 20.6 Å². The highest BCUT2D eigenvalue weighted by Crippen LogP contribution is 2.39. The van der Waals surface area contributed by atoms with Gasteiger partial charge in [0.1, 0.15) is 0 Å². The van der Waals surface area contributed by atoms with Crippen molar-refractivity contribution in [3.05, 3.63) is 59.3 Å². The van der Waals surface area contributed by atoms with E-state index >= 15 is 0 Å². The minimum absolute atomic E-state index is 0.0713. The van der Waals surface area contributed by atoms with Crippen molar-refractivity contribution in [2.24, 2.45) is 0 Å². The first kappa shape index (κ1) is 23.5. The highest BCUT2D eigenvalue weighted by Gasteiger charge is 2.28. The van der Waals surface area contributed by atoms with Crippen LogP contribution in [0.2, 0.25) is 0 Å². The van der Waals surface area contributed by atoms with Gasteiger partial charge in [-0.25, -0.2) is 4.39 Å². The minimum Gasteiger partial charge on any atom is -0.492 e. The summed E-state index contributed by atoms with van der Waals surface area (Å²) < 4.78 is 19.6. The van der Waals surface area contributed by atoms with E-state index in [0.717, 1.165) is 36.1 Å². The van der Waals surface area contributed by atoms with E-state index in [1.165, 1.54) is 13.2 Å². The maximum Gasteiger partial charge on any atom is 0.177 e. The van der Waals surface area contributed by atoms with Crippen molar-refractivity contribution in [1.29, 1.82) is 0 Å². The lowest BCUT2D eigenvalue weighted by atomic mass is 9.90. The van der Waals surface area contributed by atoms with E-state index in [0.29, 0.717) is 35.6 Å². The van der Waals surface area contributed by atoms with E-state index < -0.39 is 5.82 Å². The number of halogens is 1. The van der Waals surface area contributed by atoms with Gasteiger partial charge in [-0.3, -0.25) is 9.78 Å². The van der Waals surface area contributed by atoms with Crippen LogP contribution in [0.3, 0.4) is 0 Å². The van der Waals surface area contributed by atoms with E-state index in [1.807, 2.05) is 13.1 Å². The number of anilines is 2. The molecule has 4 rings (SSSR count). The molecule has 0 amide bonds. The Morgan fingerprint density at radius 3 is 2.85 bits per heavy atom. The molecule has 0 bridgehead atoms. The number of carbonyl (C=O) groups excluding carboxylic acids is 1. The summed E-state index contributed by atoms with van der Waals surface area (Å²) in [6.45, 7) is 3.69. The second-order valence-electron chi connectivity index (χ2n) is 8.36. The average Bonchev–Trinajstić information content (AvgIpc) is 3.17. The van der Waals surface area contributed by atoms with Crippen LogP contribution in [0.4, 0.5) is 15.8 Å². The van der Waals surface area contributed by atoms with Crippen LogP contribution in [-0.2, 0) is 6.42 Å². The third-order valence-electron chi connectivity index (χ3n) is 6.00. The second kappa shape index (κ2) is 10.1. The number of likely N-dealkylation sites (N-methyl/N-ethyl adjacent to an activating group) is 1. The van der Waals surface area contributed by atoms with Crippen LogP contribution >= 0.6 is 0 Å². The Hall–Kier alpha value is -3.67. The van der Waals surface area contributed by atoms with Gasteiger partial charge in [0.15, 0.2) is 17.9 Å². The van der Waals surface area contributed by atoms with Crippen LogP contribution in [-0.4, -0.2) is 49.0 Å². The van der Waals surface area contributed by atoms with Crippen LogP contribution in [0, 0.1) is 17.7 Å². The molecule has 0 aliphatic carbocycles. The monoisotopic (exact) mass is 461 g/mol. The van der Waals surface area contributed by atoms with Crippen LogP contribution < -0.4 is 20.7 Å². The topological polar surface area (TPSA) is 91.1 Å². The molecule has 1 unspecified atom stereocenters. The smallest absolute Gasteiger partial charge is 0.177 e. The van der Waals surface area contributed by atoms with Crippen molar-refractivity contribution in [2.75, 3.05) is 32.6 Å². The highest BCUT2D eigenvalue weighted by atomic mass is 19.1. The third kappa shape index (κ3) is 4.67. The Morgan fingerprint density at radius 2 is 2.18 bits per heavy atom. The first-order chi connectivity index (χ1) is 16.5. The number of hydrogen-bond acceptors (Lipinski definition) is 6. The molecule has 2 aromatic heterocycles. The molecule has 3 heterocycles. The number of aromatic amines is 1. The number of benzene rings is 1. The summed E-state index contributed by atoms with van der Waals surface area (Å²) in [4.78, 5) is 19.9. The zero-order valence-corrected chi connectivity index (χ0v) is 19.5. The molecule has 8 heteroatoms. The van der Waals surface area contributed by atoms with Crippen molar-refractivity contribution >= 4 is 17.7 Å². The summed E-state index contributed by atoms with van der Waals surface area (Å²) in [5, 5.41) is 9.69. The first-order valence-electron chi connectivity index (χ1n) is 11.2. The number of methoxy groups -OCH3 is 1. The van der Waals surface area contributed by atoms with Gasteiger partial charge in [0.05, 0.1) is 40.8 Å². The van der Waals surface area contributed by atoms with Crippen molar-refractivity contribution in [2.45, 2.75) is 25.3 Å². The lowest BCUT2D eigenvalue weighted by Crippen LogP contribution is -2.53. The quantitative estimate of drug-likeness (QED) is 0.302. The molecule has 3 aromatic rings. The number of ether oxygens (including phenoxy) is 1. The van der Waals surface area contributed by atoms with Crippen molar-refractivity contribution in [3.63, 3.8) is 0 Å². The molecule has 0 radical (unpaired) electrons. The molecule has 1 aromatic carbocycles. The number of rotatable bonds is 8. The third-order valence-corrected chi connectivity index (χ3v) is 6.00. The van der Waals surface area contributed by atoms with Gasteiger partial charge in [0.2, 0.25) is 0 Å². The van der Waals surface area contributed by atoms with Crippen LogP contribution in [0.1, 0.15) is 35.0 Å². The molecular weight excluding hydrogens is 433 g/mol. The Bertz CT molecular complexity index is 1250. The van der Waals surface area contributed by atoms with E-state index in [9.17, 15) is 9.18 Å². The summed E-state index contributed by atoms with van der Waals surface area (Å²) >= 11 is 0. The molecule has 0 saturated carbocycles. The molecule has 4 N–H and O–H groups in total. The number of pyridine rings is 1. The number of aldehydes is 1. The average molecular weight is 462 g/mol. The van der Waals surface area contributed by atoms with E-state index in [4.69, 9.17) is 4.74 Å². The summed E-state index contributed by atoms with van der Waals surface area (Å²) in [7, 11) is 3.26. The zero-order valence-electron chi connectivity index (χ0n) is 19.5. The van der Waals surface area contributed by atoms with Gasteiger partial charge in [0, 0.05) is 36.6 Å². The Morgan fingerprint density at radius 1 is 1.35 bits per heavy atom. The number of H-pyrrole nitrogens is 1. The number of para-hydroxylation sites is 1. The van der Waals surface area contributed by atoms with Crippen LogP contribution in [0.25, 0.3) is 11.3 Å². The van der Waals surface area contributed by atoms with Gasteiger partial charge in [-0.15, -0.1) is 0 Å². The highest BCUT2D eigenvalue weighted by molar-refractivity contribution is 5.96. The molecule has 1 aliphatic rings. The normalized spacial score (nSPS) is 16.8. The lowest BCUT2D eigenvalue weighted by Gasteiger charge is -2.34. The molecule has 176 valence electrons. The Labute approximate surface area is 198 Å². The largest absolute Gasteiger partial charge is 0.492 e. The summed E-state index contributed by atoms with van der Waals surface area (Å²) in [6.07, 6.45) is 5.79. The summed E-state index contributed by atoms with van der Waals surface area (Å²) in [5.74, 6) is 6.14. The van der Waals surface area contributed by atoms with Gasteiger partial charge in [-0.05, 0) is 45.1 Å². The molecule has 1 aliphatic heterocycles. The number of nitrogens with one attached hydrogen (secondary N) is 4. The number of carbonyl (C=O) groups is 1. The molecule has 1 atom stereocenters. The maximum absolute atomic E-state index is 14.4. The fraction of sp³-hybridized carbons (Fsp3) is 0.308. The number of aromatic nitrogens is 2. The van der Waals surface area contributed by atoms with E-state index in [1.54, 1.807) is 24.5 Å². The molecule has 1 saturated heterocycles. The minimum atomic E-state index is -0.496. The summed E-state index contributed by atoms with van der Waals surface area (Å²) in [5.41, 5.74) is 4.17. The fourth-order valence-corrected chi connectivity index (χ4v) is 3.95. The molecular formula is C26H28FN5O2. The SMILES string of the molecule is CNCCc1[nH]c(-c2ccncc2C#CC2(C)CCN2)c(Nc2cccc(F)c2OC)c1C=O. The standard InChI is InChI=1S/C26H28FN5O2/c1-26(11-14-30-26)10-7-17-15-29-13-8-18(17)23-24(19(16-33)21(31-23)9-12-28-2)32-22-6-4-5-20(27)25(22)34-3/h4-6,8,13,15-16,28,30-32H,9,11-12,14H2,1-3H3. The second-order valence-corrected chi connectivity index (χ2v) is 8.36. The molecule has 1 fully saturated rings. The van der Waals surface area contributed by atoms with E-state index in [-0.39, 0.29) is 11.3 Å². The molecule has 0 spiro atoms. The fourth-order valence-electron chi connectivity index (χ4n) is 3.95. The predicted molar refractivity (Wildman–Crippen MR) is 131 cm³/mol. The van der Waals surface area contributed by atoms with Crippen molar-refractivity contribution in [3.8, 4) is 28.8 Å². The van der Waals surface area contributed by atoms with Gasteiger partial charge in [0.25, 0.3) is 0 Å². The predicted octanol–water partition coefficient (Wildman–Crippen LogP) is 3.65. The van der Waals surface area contributed by atoms with Gasteiger partial charge in [-0.2, -0.15) is 0 Å². The maximum atomic E-state index is 14.4. The Kier molecular flexibility index (Phi) is 6.96. The first-order valence-corrected chi connectivity index (χ1v) is 11.2. The number of hydrogen-bond donors (Lipinski definition) is 4. The van der Waals surface area contributed by atoms with Gasteiger partial charge < -0.3 is 25.7 Å². The summed E-state index contributed by atoms with van der Waals surface area (Å²) in [6, 6.07) is 6.48. The Balaban J connectivity index is 1.86. The number of nitrogens with zero attached hydrogens (tertiary/aromatic N) is 1. The lowest BCUT2D eigenvalue weighted by molar-refractivity contribution is 0.112. The van der Waals surface area contributed by atoms with Gasteiger partial charge in [-0.1, -0.05) is 17.9 Å². The molecule has 34 heavy (non-hydrogen) atoms. The van der Waals surface area contributed by atoms with Crippen LogP contribution in [0.5, 0.6) is 5.75 Å². The van der Waals surface area contributed by atoms with Gasteiger partial charge >= 0.3 is 0 Å². The van der Waals surface area contributed by atoms with E-state index in [2.05, 4.69) is 44.7 Å². The van der Waals surface area contributed by atoms with Crippen LogP contribution in [0.15, 0.2) is 36.7 Å².